The number of rotatable bonds is 5. The van der Waals surface area contributed by atoms with Gasteiger partial charge in [0, 0.05) is 11.6 Å². The van der Waals surface area contributed by atoms with Crippen LogP contribution in [0.3, 0.4) is 0 Å². The first-order chi connectivity index (χ1) is 11.6. The number of carbonyl (C=O) groups excluding carboxylic acids is 1. The average Bonchev–Trinajstić information content (AvgIpc) is 2.59. The molecule has 2 amide bonds. The maximum Gasteiger partial charge on any atom is 0.315 e. The second kappa shape index (κ2) is 9.43. The molecule has 2 aromatic rings. The van der Waals surface area contributed by atoms with Crippen LogP contribution in [0, 0.1) is 17.7 Å². The normalized spacial score (nSPS) is 9.58. The van der Waals surface area contributed by atoms with Crippen molar-refractivity contribution in [2.24, 2.45) is 0 Å². The highest BCUT2D eigenvalue weighted by Gasteiger charge is 2.00. The summed E-state index contributed by atoms with van der Waals surface area (Å²) in [4.78, 5) is 11.6. The van der Waals surface area contributed by atoms with E-state index in [9.17, 15) is 9.18 Å². The van der Waals surface area contributed by atoms with Gasteiger partial charge in [0.05, 0.1) is 6.54 Å². The zero-order valence-corrected chi connectivity index (χ0v) is 13.6. The Kier molecular flexibility index (Phi) is 6.93. The van der Waals surface area contributed by atoms with Gasteiger partial charge in [-0.1, -0.05) is 47.7 Å². The Morgan fingerprint density at radius 1 is 1.08 bits per heavy atom. The Morgan fingerprint density at radius 2 is 1.83 bits per heavy atom. The summed E-state index contributed by atoms with van der Waals surface area (Å²) in [6.07, 6.45) is 0. The first-order valence-electron chi connectivity index (χ1n) is 7.24. The lowest BCUT2D eigenvalue weighted by Gasteiger charge is -2.05. The molecular formula is C18H16ClFN2O2. The van der Waals surface area contributed by atoms with Crippen LogP contribution in [0.4, 0.5) is 9.18 Å². The van der Waals surface area contributed by atoms with E-state index in [0.717, 1.165) is 5.56 Å². The quantitative estimate of drug-likeness (QED) is 0.816. The second-order valence-electron chi connectivity index (χ2n) is 4.74. The van der Waals surface area contributed by atoms with Crippen molar-refractivity contribution in [3.8, 4) is 17.6 Å². The number of para-hydroxylation sites is 1. The summed E-state index contributed by atoms with van der Waals surface area (Å²) in [6, 6.07) is 13.0. The molecule has 0 spiro atoms. The van der Waals surface area contributed by atoms with Gasteiger partial charge in [0.15, 0.2) is 11.6 Å². The molecule has 0 radical (unpaired) electrons. The summed E-state index contributed by atoms with van der Waals surface area (Å²) >= 11 is 5.79. The second-order valence-corrected chi connectivity index (χ2v) is 5.17. The molecule has 0 atom stereocenters. The van der Waals surface area contributed by atoms with Crippen molar-refractivity contribution in [2.75, 3.05) is 13.2 Å². The maximum absolute atomic E-state index is 13.3. The Bertz CT molecular complexity index is 739. The van der Waals surface area contributed by atoms with Gasteiger partial charge in [-0.2, -0.15) is 0 Å². The monoisotopic (exact) mass is 346 g/mol. The van der Waals surface area contributed by atoms with E-state index in [-0.39, 0.29) is 24.9 Å². The molecule has 0 aliphatic carbocycles. The largest absolute Gasteiger partial charge is 0.478 e. The van der Waals surface area contributed by atoms with Crippen LogP contribution >= 0.6 is 11.6 Å². The fraction of sp³-hybridized carbons (Fsp3) is 0.167. The minimum absolute atomic E-state index is 0.0506. The van der Waals surface area contributed by atoms with E-state index in [2.05, 4.69) is 22.5 Å². The van der Waals surface area contributed by atoms with Crippen LogP contribution < -0.4 is 15.4 Å². The lowest BCUT2D eigenvalue weighted by molar-refractivity contribution is 0.241. The van der Waals surface area contributed by atoms with E-state index in [0.29, 0.717) is 11.6 Å². The highest BCUT2D eigenvalue weighted by atomic mass is 35.5. The molecule has 24 heavy (non-hydrogen) atoms. The van der Waals surface area contributed by atoms with Gasteiger partial charge in [0.2, 0.25) is 0 Å². The Balaban J connectivity index is 1.62. The van der Waals surface area contributed by atoms with Crippen LogP contribution in [0.1, 0.15) is 5.56 Å². The number of urea groups is 1. The summed E-state index contributed by atoms with van der Waals surface area (Å²) in [5.74, 6) is 5.15. The molecule has 0 aliphatic rings. The molecule has 124 valence electrons. The number of hydrogen-bond acceptors (Lipinski definition) is 2. The van der Waals surface area contributed by atoms with Crippen LogP contribution in [0.25, 0.3) is 0 Å². The van der Waals surface area contributed by atoms with Crippen molar-refractivity contribution in [1.82, 2.24) is 10.6 Å². The first kappa shape index (κ1) is 17.6. The molecule has 2 N–H and O–H groups in total. The van der Waals surface area contributed by atoms with Crippen LogP contribution in [0.2, 0.25) is 5.02 Å². The van der Waals surface area contributed by atoms with Gasteiger partial charge < -0.3 is 15.4 Å². The highest BCUT2D eigenvalue weighted by Crippen LogP contribution is 2.14. The topological polar surface area (TPSA) is 50.4 Å². The number of nitrogens with one attached hydrogen (secondary N) is 2. The number of benzene rings is 2. The minimum atomic E-state index is -0.431. The molecule has 0 aliphatic heterocycles. The molecule has 0 unspecified atom stereocenters. The third kappa shape index (κ3) is 6.19. The molecule has 0 saturated carbocycles. The van der Waals surface area contributed by atoms with E-state index >= 15 is 0 Å². The molecule has 0 saturated heterocycles. The Labute approximate surface area is 145 Å². The summed E-state index contributed by atoms with van der Waals surface area (Å²) in [5, 5.41) is 5.95. The van der Waals surface area contributed by atoms with Gasteiger partial charge in [-0.15, -0.1) is 0 Å². The number of carbonyl (C=O) groups is 1. The third-order valence-electron chi connectivity index (χ3n) is 2.97. The number of halogens is 2. The molecule has 6 heteroatoms. The fourth-order valence-corrected chi connectivity index (χ4v) is 1.89. The smallest absolute Gasteiger partial charge is 0.315 e. The number of amides is 2. The maximum atomic E-state index is 13.3. The van der Waals surface area contributed by atoms with Gasteiger partial charge in [-0.25, -0.2) is 9.18 Å². The van der Waals surface area contributed by atoms with Crippen LogP contribution in [0.15, 0.2) is 48.5 Å². The molecule has 4 nitrogen and oxygen atoms in total. The van der Waals surface area contributed by atoms with Gasteiger partial charge in [-0.3, -0.25) is 0 Å². The SMILES string of the molecule is O=C(NCC#CCOc1ccccc1F)NCc1ccc(Cl)cc1. The van der Waals surface area contributed by atoms with Gasteiger partial charge in [-0.05, 0) is 29.8 Å². The average molecular weight is 347 g/mol. The predicted molar refractivity (Wildman–Crippen MR) is 91.4 cm³/mol. The number of hydrogen-bond donors (Lipinski definition) is 2. The third-order valence-corrected chi connectivity index (χ3v) is 3.22. The van der Waals surface area contributed by atoms with E-state index < -0.39 is 5.82 Å². The van der Waals surface area contributed by atoms with Crippen LogP contribution in [0.5, 0.6) is 5.75 Å². The zero-order valence-electron chi connectivity index (χ0n) is 12.8. The fourth-order valence-electron chi connectivity index (χ4n) is 1.76. The molecule has 2 rings (SSSR count). The van der Waals surface area contributed by atoms with Crippen molar-refractivity contribution >= 4 is 17.6 Å². The summed E-state index contributed by atoms with van der Waals surface area (Å²) in [7, 11) is 0. The van der Waals surface area contributed by atoms with E-state index in [1.165, 1.54) is 12.1 Å². The summed E-state index contributed by atoms with van der Waals surface area (Å²) in [6.45, 7) is 0.620. The van der Waals surface area contributed by atoms with Gasteiger partial charge >= 0.3 is 6.03 Å². The van der Waals surface area contributed by atoms with E-state index in [4.69, 9.17) is 16.3 Å². The molecule has 0 heterocycles. The molecule has 2 aromatic carbocycles. The van der Waals surface area contributed by atoms with Gasteiger partial charge in [0.25, 0.3) is 0 Å². The van der Waals surface area contributed by atoms with E-state index in [1.54, 1.807) is 24.3 Å². The Morgan fingerprint density at radius 3 is 2.58 bits per heavy atom. The molecular weight excluding hydrogens is 331 g/mol. The standard InChI is InChI=1S/C18H16ClFN2O2/c19-15-9-7-14(8-10-15)13-22-18(23)21-11-3-4-12-24-17-6-2-1-5-16(17)20/h1-2,5-10H,11-13H2,(H2,21,22,23). The van der Waals surface area contributed by atoms with Crippen molar-refractivity contribution in [1.29, 1.82) is 0 Å². The molecule has 0 fully saturated rings. The highest BCUT2D eigenvalue weighted by molar-refractivity contribution is 6.30. The van der Waals surface area contributed by atoms with Crippen molar-refractivity contribution in [2.45, 2.75) is 6.54 Å². The van der Waals surface area contributed by atoms with Crippen LogP contribution in [-0.2, 0) is 6.54 Å². The van der Waals surface area contributed by atoms with Crippen LogP contribution in [-0.4, -0.2) is 19.2 Å². The summed E-state index contributed by atoms with van der Waals surface area (Å²) < 4.78 is 18.4. The van der Waals surface area contributed by atoms with Crippen molar-refractivity contribution in [3.05, 3.63) is 64.9 Å². The first-order valence-corrected chi connectivity index (χ1v) is 7.62. The zero-order chi connectivity index (χ0) is 17.2. The lowest BCUT2D eigenvalue weighted by atomic mass is 10.2. The Hall–Kier alpha value is -2.71. The van der Waals surface area contributed by atoms with Crippen molar-refractivity contribution < 1.29 is 13.9 Å². The predicted octanol–water partition coefficient (Wildman–Crippen LogP) is 3.36. The molecule has 0 bridgehead atoms. The summed E-state index contributed by atoms with van der Waals surface area (Å²) in [5.41, 5.74) is 0.943. The lowest BCUT2D eigenvalue weighted by Crippen LogP contribution is -2.35. The molecule has 0 aromatic heterocycles. The number of ether oxygens (including phenoxy) is 1. The van der Waals surface area contributed by atoms with Gasteiger partial charge in [0.1, 0.15) is 6.61 Å². The minimum Gasteiger partial charge on any atom is -0.478 e. The van der Waals surface area contributed by atoms with E-state index in [1.807, 2.05) is 12.1 Å². The van der Waals surface area contributed by atoms with Crippen molar-refractivity contribution in [3.63, 3.8) is 0 Å².